The van der Waals surface area contributed by atoms with Crippen molar-refractivity contribution in [2.45, 2.75) is 32.2 Å². The van der Waals surface area contributed by atoms with Gasteiger partial charge in [0.15, 0.2) is 0 Å². The van der Waals surface area contributed by atoms with Crippen LogP contribution in [-0.2, 0) is 17.8 Å². The van der Waals surface area contributed by atoms with Crippen LogP contribution in [0.5, 0.6) is 11.5 Å². The van der Waals surface area contributed by atoms with Gasteiger partial charge in [-0.2, -0.15) is 0 Å². The molecule has 0 N–H and O–H groups in total. The van der Waals surface area contributed by atoms with Gasteiger partial charge in [0.2, 0.25) is 0 Å². The molecule has 2 aromatic heterocycles. The van der Waals surface area contributed by atoms with E-state index in [-0.39, 0.29) is 12.1 Å². The molecule has 170 valence electrons. The Morgan fingerprint density at radius 2 is 2.09 bits per heavy atom. The fourth-order valence-corrected chi connectivity index (χ4v) is 5.59. The number of carbonyl (C=O) groups excluding carboxylic acids is 1. The molecule has 2 aliphatic rings. The zero-order valence-corrected chi connectivity index (χ0v) is 21.1. The van der Waals surface area contributed by atoms with Gasteiger partial charge >= 0.3 is 205 Å². The van der Waals surface area contributed by atoms with Gasteiger partial charge in [0.05, 0.1) is 0 Å². The van der Waals surface area contributed by atoms with Gasteiger partial charge in [0, 0.05) is 0 Å². The Labute approximate surface area is 205 Å². The van der Waals surface area contributed by atoms with E-state index in [9.17, 15) is 4.79 Å². The molecule has 4 heterocycles. The van der Waals surface area contributed by atoms with Crippen molar-refractivity contribution in [3.05, 3.63) is 34.4 Å². The van der Waals surface area contributed by atoms with E-state index in [0.717, 1.165) is 77.9 Å². The van der Waals surface area contributed by atoms with E-state index in [1.54, 1.807) is 0 Å². The number of aromatic nitrogens is 4. The van der Waals surface area contributed by atoms with Gasteiger partial charge < -0.3 is 0 Å². The zero-order chi connectivity index (χ0) is 22.9. The maximum absolute atomic E-state index is 11.2. The molecule has 1 saturated heterocycles. The Morgan fingerprint density at radius 3 is 2.88 bits per heavy atom. The van der Waals surface area contributed by atoms with Crippen LogP contribution in [0, 0.1) is 18.3 Å². The van der Waals surface area contributed by atoms with E-state index in [1.807, 2.05) is 17.0 Å². The molecule has 2 atom stereocenters. The predicted molar refractivity (Wildman–Crippen MR) is 127 cm³/mol. The van der Waals surface area contributed by atoms with Gasteiger partial charge in [-0.15, -0.1) is 0 Å². The summed E-state index contributed by atoms with van der Waals surface area (Å²) in [5.41, 5.74) is 3.17. The summed E-state index contributed by atoms with van der Waals surface area (Å²) in [5, 5.41) is 0.215. The van der Waals surface area contributed by atoms with Gasteiger partial charge in [0.1, 0.15) is 0 Å². The fourth-order valence-electron chi connectivity index (χ4n) is 4.58. The summed E-state index contributed by atoms with van der Waals surface area (Å²) in [5.74, 6) is 5.38. The minimum atomic E-state index is 0.190. The second-order valence-corrected chi connectivity index (χ2v) is 9.80. The van der Waals surface area contributed by atoms with E-state index < -0.39 is 0 Å². The summed E-state index contributed by atoms with van der Waals surface area (Å²) in [6, 6.07) is 3.77. The fraction of sp³-hybridized carbons (Fsp3) is 0.391. The number of terminal acetylenes is 1. The second-order valence-electron chi connectivity index (χ2n) is 8.31. The predicted octanol–water partition coefficient (Wildman–Crippen LogP) is 1.30. The molecule has 8 nitrogen and oxygen atoms in total. The van der Waals surface area contributed by atoms with Crippen LogP contribution in [-0.4, -0.2) is 67.6 Å². The van der Waals surface area contributed by atoms with E-state index in [1.165, 1.54) is 16.9 Å². The third-order valence-corrected chi connectivity index (χ3v) is 7.25. The monoisotopic (exact) mass is 527 g/mol. The number of rotatable bonds is 6. The molecular weight excluding hydrogens is 505 g/mol. The molecule has 0 saturated carbocycles. The van der Waals surface area contributed by atoms with Gasteiger partial charge in [0.25, 0.3) is 0 Å². The molecule has 1 fully saturated rings. The van der Waals surface area contributed by atoms with Gasteiger partial charge in [-0.25, -0.2) is 0 Å². The van der Waals surface area contributed by atoms with Crippen LogP contribution in [0.4, 0.5) is 0 Å². The molecule has 2 aliphatic heterocycles. The first-order chi connectivity index (χ1) is 16.1. The number of hydrogen-bond donors (Lipinski definition) is 0. The quantitative estimate of drug-likeness (QED) is 0.208. The topological polar surface area (TPSA) is 82.4 Å². The number of fused-ring (bicyclic) bond motifs is 2. The maximum atomic E-state index is 11.2. The third-order valence-electron chi connectivity index (χ3n) is 6.24. The molecule has 1 aromatic carbocycles. The zero-order valence-electron chi connectivity index (χ0n) is 18.0. The van der Waals surface area contributed by atoms with Gasteiger partial charge in [-0.1, -0.05) is 0 Å². The number of likely N-dealkylation sites (tertiary alicyclic amines) is 1. The Morgan fingerprint density at radius 1 is 1.27 bits per heavy atom. The van der Waals surface area contributed by atoms with E-state index in [0.29, 0.717) is 23.8 Å². The molecule has 5 rings (SSSR count). The van der Waals surface area contributed by atoms with Crippen molar-refractivity contribution in [1.29, 1.82) is 0 Å². The third kappa shape index (κ3) is 4.40. The summed E-state index contributed by atoms with van der Waals surface area (Å²) < 4.78 is 13.9. The molecule has 0 aliphatic carbocycles. The number of nitrogens with zero attached hydrogens (tertiary/aromatic N) is 5. The van der Waals surface area contributed by atoms with Crippen LogP contribution in [0.15, 0.2) is 12.1 Å². The van der Waals surface area contributed by atoms with Crippen molar-refractivity contribution < 1.29 is 14.3 Å². The van der Waals surface area contributed by atoms with Gasteiger partial charge in [-0.05, 0) is 0 Å². The minimum absolute atomic E-state index is 0.190. The number of hydrogen-bond acceptors (Lipinski definition) is 6. The molecule has 33 heavy (non-hydrogen) atoms. The molecule has 10 heteroatoms. The Bertz CT molecular complexity index is 1270. The van der Waals surface area contributed by atoms with Crippen LogP contribution in [0.25, 0.3) is 11.2 Å². The van der Waals surface area contributed by atoms with Crippen molar-refractivity contribution in [1.82, 2.24) is 24.4 Å². The average molecular weight is 528 g/mol. The molecule has 0 radical (unpaired) electrons. The molecular formula is C23H23AsClN5O3. The van der Waals surface area contributed by atoms with Crippen molar-refractivity contribution >= 4 is 50.5 Å². The normalized spacial score (nSPS) is 17.4. The SMILES string of the molecule is C#Cc1cc2c(cc1Cc1nc3c([AsH2])nc(Cl)nc3n1CCC1CCCN(C=O)C1)OCO2. The van der Waals surface area contributed by atoms with Crippen molar-refractivity contribution in [3.63, 3.8) is 0 Å². The summed E-state index contributed by atoms with van der Waals surface area (Å²) in [6.45, 7) is 2.53. The molecule has 2 unspecified atom stereocenters. The van der Waals surface area contributed by atoms with Crippen LogP contribution in [0.3, 0.4) is 0 Å². The average Bonchev–Trinajstić information content (AvgIpc) is 3.41. The molecule has 0 bridgehead atoms. The van der Waals surface area contributed by atoms with Crippen molar-refractivity contribution in [3.8, 4) is 23.8 Å². The number of carbonyl (C=O) groups is 1. The van der Waals surface area contributed by atoms with E-state index >= 15 is 0 Å². The van der Waals surface area contributed by atoms with Gasteiger partial charge in [-0.3, -0.25) is 0 Å². The first-order valence-electron chi connectivity index (χ1n) is 10.8. The standard InChI is InChI=1S/C23H23AsClN5O3/c1-2-15-8-17-18(33-13-32-17)9-16(15)10-19-26-20-21(24)27-23(25)28-22(20)30(19)7-5-14-4-3-6-29(11-14)12-31/h1,8-9,12,14H,3-7,10-11,13,24H2. The number of benzene rings is 1. The first kappa shape index (κ1) is 22.1. The first-order valence-corrected chi connectivity index (χ1v) is 12.4. The van der Waals surface area contributed by atoms with E-state index in [4.69, 9.17) is 32.5 Å². The number of ether oxygens (including phenoxy) is 2. The van der Waals surface area contributed by atoms with Crippen molar-refractivity contribution in [2.75, 3.05) is 19.9 Å². The summed E-state index contributed by atoms with van der Waals surface area (Å²) in [4.78, 5) is 26.8. The van der Waals surface area contributed by atoms with E-state index in [2.05, 4.69) is 20.5 Å². The van der Waals surface area contributed by atoms with Crippen molar-refractivity contribution in [2.24, 2.45) is 5.92 Å². The summed E-state index contributed by atoms with van der Waals surface area (Å²) in [6.07, 6.45) is 10.3. The van der Waals surface area contributed by atoms with Crippen LogP contribution < -0.4 is 14.0 Å². The molecule has 0 spiro atoms. The number of piperidine rings is 1. The summed E-state index contributed by atoms with van der Waals surface area (Å²) in [7, 11) is 0. The van der Waals surface area contributed by atoms with Crippen LogP contribution >= 0.6 is 11.6 Å². The number of imidazole rings is 1. The number of halogens is 1. The Hall–Kier alpha value is -2.75. The number of amides is 1. The molecule has 3 aromatic rings. The van der Waals surface area contributed by atoms with Crippen LogP contribution in [0.1, 0.15) is 36.2 Å². The number of aryl methyl sites for hydroxylation is 1. The second kappa shape index (κ2) is 9.24. The Kier molecular flexibility index (Phi) is 6.18. The Balaban J connectivity index is 1.50. The molecule has 1 amide bonds. The van der Waals surface area contributed by atoms with Crippen LogP contribution in [0.2, 0.25) is 5.28 Å². The summed E-state index contributed by atoms with van der Waals surface area (Å²) >= 11 is 7.56.